The molecular weight excluding hydrogens is 226 g/mol. The number of halogens is 1. The largest absolute Gasteiger partial charge is 0.477 e. The number of hydrogen-bond donors (Lipinski definition) is 1. The van der Waals surface area contributed by atoms with Crippen LogP contribution in [0.5, 0.6) is 5.88 Å². The second-order valence-corrected chi connectivity index (χ2v) is 4.50. The van der Waals surface area contributed by atoms with Crippen LogP contribution in [0.2, 0.25) is 0 Å². The first-order valence-electron chi connectivity index (χ1n) is 5.36. The van der Waals surface area contributed by atoms with Gasteiger partial charge in [-0.15, -0.1) is 11.6 Å². The van der Waals surface area contributed by atoms with Gasteiger partial charge < -0.3 is 10.1 Å². The third kappa shape index (κ3) is 4.23. The molecule has 0 aliphatic carbocycles. The maximum Gasteiger partial charge on any atom is 0.234 e. The van der Waals surface area contributed by atoms with Crippen molar-refractivity contribution in [3.8, 4) is 5.88 Å². The molecule has 0 saturated carbocycles. The summed E-state index contributed by atoms with van der Waals surface area (Å²) in [6.45, 7) is 6.65. The van der Waals surface area contributed by atoms with Crippen LogP contribution < -0.4 is 10.1 Å². The Morgan fingerprint density at radius 2 is 2.19 bits per heavy atom. The minimum Gasteiger partial charge on any atom is -0.477 e. The van der Waals surface area contributed by atoms with E-state index >= 15 is 0 Å². The highest BCUT2D eigenvalue weighted by atomic mass is 35.5. The van der Waals surface area contributed by atoms with E-state index in [2.05, 4.69) is 29.1 Å². The van der Waals surface area contributed by atoms with E-state index < -0.39 is 0 Å². The zero-order valence-corrected chi connectivity index (χ0v) is 10.7. The summed E-state index contributed by atoms with van der Waals surface area (Å²) >= 11 is 5.73. The number of alkyl halides is 1. The lowest BCUT2D eigenvalue weighted by Gasteiger charge is -2.25. The average Bonchev–Trinajstić information content (AvgIpc) is 2.17. The van der Waals surface area contributed by atoms with E-state index in [9.17, 15) is 0 Å². The van der Waals surface area contributed by atoms with Crippen molar-refractivity contribution < 1.29 is 4.74 Å². The lowest BCUT2D eigenvalue weighted by molar-refractivity contribution is 0.325. The average molecular weight is 244 g/mol. The number of ether oxygens (including phenoxy) is 1. The van der Waals surface area contributed by atoms with Crippen molar-refractivity contribution in [2.75, 3.05) is 17.8 Å². The van der Waals surface area contributed by atoms with Crippen LogP contribution in [0.1, 0.15) is 27.2 Å². The molecule has 0 aliphatic rings. The first-order chi connectivity index (χ1) is 7.57. The van der Waals surface area contributed by atoms with Gasteiger partial charge in [-0.1, -0.05) is 0 Å². The summed E-state index contributed by atoms with van der Waals surface area (Å²) in [5, 5.41) is 3.28. The summed E-state index contributed by atoms with van der Waals surface area (Å²) in [5.41, 5.74) is -0.0960. The van der Waals surface area contributed by atoms with Gasteiger partial charge in [0.2, 0.25) is 5.88 Å². The van der Waals surface area contributed by atoms with Crippen LogP contribution in [0, 0.1) is 0 Å². The summed E-state index contributed by atoms with van der Waals surface area (Å²) in [6.07, 6.45) is 4.14. The van der Waals surface area contributed by atoms with Crippen LogP contribution in [-0.2, 0) is 0 Å². The predicted octanol–water partition coefficient (Wildman–Crippen LogP) is 2.69. The molecule has 4 nitrogen and oxygen atoms in total. The van der Waals surface area contributed by atoms with Gasteiger partial charge in [0.25, 0.3) is 0 Å². The fourth-order valence-corrected chi connectivity index (χ4v) is 1.74. The maximum absolute atomic E-state index is 5.73. The van der Waals surface area contributed by atoms with Gasteiger partial charge in [-0.25, -0.2) is 0 Å². The Balaban J connectivity index is 2.69. The van der Waals surface area contributed by atoms with Gasteiger partial charge in [-0.05, 0) is 27.2 Å². The van der Waals surface area contributed by atoms with Crippen molar-refractivity contribution in [3.63, 3.8) is 0 Å². The minimum absolute atomic E-state index is 0.0960. The van der Waals surface area contributed by atoms with Crippen molar-refractivity contribution in [3.05, 3.63) is 12.4 Å². The monoisotopic (exact) mass is 243 g/mol. The van der Waals surface area contributed by atoms with Crippen LogP contribution in [0.3, 0.4) is 0 Å². The molecule has 1 heterocycles. The molecule has 1 aromatic heterocycles. The normalized spacial score (nSPS) is 11.2. The quantitative estimate of drug-likeness (QED) is 0.781. The van der Waals surface area contributed by atoms with Gasteiger partial charge in [0.05, 0.1) is 19.0 Å². The number of anilines is 1. The van der Waals surface area contributed by atoms with Crippen molar-refractivity contribution in [1.82, 2.24) is 9.97 Å². The first-order valence-corrected chi connectivity index (χ1v) is 5.90. The molecule has 0 atom stereocenters. The molecule has 0 radical (unpaired) electrons. The van der Waals surface area contributed by atoms with Crippen LogP contribution in [0.4, 0.5) is 5.82 Å². The Hall–Kier alpha value is -1.03. The van der Waals surface area contributed by atoms with Crippen molar-refractivity contribution in [2.24, 2.45) is 0 Å². The molecule has 0 fully saturated rings. The Labute approximate surface area is 101 Å². The zero-order chi connectivity index (χ0) is 12.0. The summed E-state index contributed by atoms with van der Waals surface area (Å²) in [4.78, 5) is 8.36. The number of hydrogen-bond acceptors (Lipinski definition) is 4. The Morgan fingerprint density at radius 1 is 1.44 bits per heavy atom. The van der Waals surface area contributed by atoms with Gasteiger partial charge in [0.15, 0.2) is 0 Å². The third-order valence-electron chi connectivity index (χ3n) is 2.09. The van der Waals surface area contributed by atoms with E-state index in [1.807, 2.05) is 6.92 Å². The van der Waals surface area contributed by atoms with E-state index in [4.69, 9.17) is 16.3 Å². The molecule has 0 amide bonds. The van der Waals surface area contributed by atoms with Gasteiger partial charge in [0.1, 0.15) is 5.82 Å². The molecule has 0 unspecified atom stereocenters. The molecule has 0 bridgehead atoms. The Morgan fingerprint density at radius 3 is 2.81 bits per heavy atom. The highest BCUT2D eigenvalue weighted by Crippen LogP contribution is 2.18. The number of aromatic nitrogens is 2. The molecule has 1 rings (SSSR count). The number of rotatable bonds is 6. The fourth-order valence-electron chi connectivity index (χ4n) is 1.27. The van der Waals surface area contributed by atoms with Crippen LogP contribution >= 0.6 is 11.6 Å². The SMILES string of the molecule is CCOc1cncc(NC(C)(C)CCCl)n1. The second kappa shape index (κ2) is 5.89. The fraction of sp³-hybridized carbons (Fsp3) is 0.636. The lowest BCUT2D eigenvalue weighted by Crippen LogP contribution is -2.31. The summed E-state index contributed by atoms with van der Waals surface area (Å²) < 4.78 is 5.28. The number of nitrogens with zero attached hydrogens (tertiary/aromatic N) is 2. The molecule has 5 heteroatoms. The van der Waals surface area contributed by atoms with Crippen molar-refractivity contribution in [1.29, 1.82) is 0 Å². The molecular formula is C11H18ClN3O. The van der Waals surface area contributed by atoms with Crippen molar-refractivity contribution >= 4 is 17.4 Å². The highest BCUT2D eigenvalue weighted by Gasteiger charge is 2.17. The van der Waals surface area contributed by atoms with Gasteiger partial charge in [-0.3, -0.25) is 4.98 Å². The summed E-state index contributed by atoms with van der Waals surface area (Å²) in [7, 11) is 0. The van der Waals surface area contributed by atoms with E-state index in [1.165, 1.54) is 0 Å². The van der Waals surface area contributed by atoms with Crippen LogP contribution in [0.15, 0.2) is 12.4 Å². The molecule has 0 aliphatic heterocycles. The van der Waals surface area contributed by atoms with Gasteiger partial charge in [-0.2, -0.15) is 4.98 Å². The van der Waals surface area contributed by atoms with Gasteiger partial charge in [0, 0.05) is 11.4 Å². The maximum atomic E-state index is 5.73. The predicted molar refractivity (Wildman–Crippen MR) is 66.2 cm³/mol. The third-order valence-corrected chi connectivity index (χ3v) is 2.28. The van der Waals surface area contributed by atoms with Crippen LogP contribution in [-0.4, -0.2) is 28.0 Å². The second-order valence-electron chi connectivity index (χ2n) is 4.12. The van der Waals surface area contributed by atoms with E-state index in [-0.39, 0.29) is 5.54 Å². The standard InChI is InChI=1S/C11H18ClN3O/c1-4-16-10-8-13-7-9(14-10)15-11(2,3)5-6-12/h7-8H,4-6H2,1-3H3,(H,14,15). The lowest BCUT2D eigenvalue weighted by atomic mass is 10.0. The summed E-state index contributed by atoms with van der Waals surface area (Å²) in [6, 6.07) is 0. The molecule has 16 heavy (non-hydrogen) atoms. The molecule has 1 aromatic rings. The van der Waals surface area contributed by atoms with E-state index in [1.54, 1.807) is 12.4 Å². The smallest absolute Gasteiger partial charge is 0.234 e. The van der Waals surface area contributed by atoms with E-state index in [0.29, 0.717) is 24.2 Å². The Kier molecular flexibility index (Phi) is 4.80. The number of nitrogens with one attached hydrogen (secondary N) is 1. The van der Waals surface area contributed by atoms with Gasteiger partial charge >= 0.3 is 0 Å². The Bertz CT molecular complexity index is 331. The highest BCUT2D eigenvalue weighted by molar-refractivity contribution is 6.17. The van der Waals surface area contributed by atoms with Crippen LogP contribution in [0.25, 0.3) is 0 Å². The zero-order valence-electron chi connectivity index (χ0n) is 9.96. The molecule has 0 aromatic carbocycles. The van der Waals surface area contributed by atoms with Crippen molar-refractivity contribution in [2.45, 2.75) is 32.7 Å². The van der Waals surface area contributed by atoms with E-state index in [0.717, 1.165) is 6.42 Å². The molecule has 0 saturated heterocycles. The first kappa shape index (κ1) is 13.0. The topological polar surface area (TPSA) is 47.0 Å². The minimum atomic E-state index is -0.0960. The summed E-state index contributed by atoms with van der Waals surface area (Å²) in [5.74, 6) is 1.86. The molecule has 90 valence electrons. The molecule has 1 N–H and O–H groups in total. The molecule has 0 spiro atoms.